The van der Waals surface area contributed by atoms with E-state index in [4.69, 9.17) is 0 Å². The lowest BCUT2D eigenvalue weighted by molar-refractivity contribution is 0.180. The van der Waals surface area contributed by atoms with E-state index in [1.807, 2.05) is 47.8 Å². The highest BCUT2D eigenvalue weighted by molar-refractivity contribution is 8.06. The molecule has 2 unspecified atom stereocenters. The van der Waals surface area contributed by atoms with Gasteiger partial charge in [0.25, 0.3) is 0 Å². The molecule has 0 radical (unpaired) electrons. The summed E-state index contributed by atoms with van der Waals surface area (Å²) in [6, 6.07) is 10.0. The van der Waals surface area contributed by atoms with Crippen LogP contribution in [0.15, 0.2) is 36.5 Å². The van der Waals surface area contributed by atoms with Crippen LogP contribution in [0.3, 0.4) is 0 Å². The maximum atomic E-state index is 10.5. The molecule has 3 rings (SSSR count). The average molecular weight is 277 g/mol. The van der Waals surface area contributed by atoms with E-state index in [1.54, 1.807) is 6.20 Å². The van der Waals surface area contributed by atoms with E-state index in [0.29, 0.717) is 5.25 Å². The number of aliphatic hydroxyl groups excluding tert-OH is 1. The van der Waals surface area contributed by atoms with Gasteiger partial charge in [0.1, 0.15) is 0 Å². The molecule has 0 saturated carbocycles. The summed E-state index contributed by atoms with van der Waals surface area (Å²) >= 11 is 3.82. The van der Waals surface area contributed by atoms with Crippen LogP contribution in [0.4, 0.5) is 0 Å². The van der Waals surface area contributed by atoms with Crippen LogP contribution in [-0.2, 0) is 0 Å². The first-order valence-corrected chi connectivity index (χ1v) is 8.27. The zero-order valence-corrected chi connectivity index (χ0v) is 11.6. The maximum absolute atomic E-state index is 10.5. The molecule has 1 aromatic heterocycles. The molecule has 1 aliphatic heterocycles. The third-order valence-electron chi connectivity index (χ3n) is 3.16. The minimum absolute atomic E-state index is 0.317. The normalized spacial score (nSPS) is 21.9. The molecule has 4 heteroatoms. The molecule has 18 heavy (non-hydrogen) atoms. The van der Waals surface area contributed by atoms with E-state index in [0.717, 1.165) is 28.0 Å². The van der Waals surface area contributed by atoms with Crippen LogP contribution in [0.2, 0.25) is 0 Å². The second-order valence-corrected chi connectivity index (χ2v) is 6.88. The van der Waals surface area contributed by atoms with Crippen molar-refractivity contribution in [1.82, 2.24) is 4.98 Å². The third kappa shape index (κ3) is 2.51. The summed E-state index contributed by atoms with van der Waals surface area (Å²) in [7, 11) is 0. The lowest BCUT2D eigenvalue weighted by Gasteiger charge is -2.26. The van der Waals surface area contributed by atoms with Gasteiger partial charge in [-0.2, -0.15) is 23.5 Å². The summed E-state index contributed by atoms with van der Waals surface area (Å²) in [5, 5.41) is 11.9. The molecule has 0 aliphatic carbocycles. The van der Waals surface area contributed by atoms with E-state index in [2.05, 4.69) is 11.1 Å². The van der Waals surface area contributed by atoms with Crippen LogP contribution in [0.1, 0.15) is 11.7 Å². The van der Waals surface area contributed by atoms with Gasteiger partial charge in [-0.3, -0.25) is 4.98 Å². The Hall–Kier alpha value is -0.710. The predicted octanol–water partition coefficient (Wildman–Crippen LogP) is 3.12. The van der Waals surface area contributed by atoms with Gasteiger partial charge in [0.2, 0.25) is 0 Å². The second kappa shape index (κ2) is 5.51. The quantitative estimate of drug-likeness (QED) is 0.914. The number of benzene rings is 1. The van der Waals surface area contributed by atoms with Crippen LogP contribution in [0.5, 0.6) is 0 Å². The number of thioether (sulfide) groups is 2. The number of hydrogen-bond donors (Lipinski definition) is 1. The van der Waals surface area contributed by atoms with Gasteiger partial charge in [0, 0.05) is 34.1 Å². The molecular formula is C14H15NOS2. The second-order valence-electron chi connectivity index (χ2n) is 4.38. The van der Waals surface area contributed by atoms with Gasteiger partial charge in [-0.05, 0) is 23.8 Å². The first-order valence-electron chi connectivity index (χ1n) is 6.07. The molecule has 1 aromatic carbocycles. The minimum Gasteiger partial charge on any atom is -0.387 e. The lowest BCUT2D eigenvalue weighted by Crippen LogP contribution is -2.22. The summed E-state index contributed by atoms with van der Waals surface area (Å²) < 4.78 is 0. The van der Waals surface area contributed by atoms with Crippen LogP contribution in [0, 0.1) is 0 Å². The van der Waals surface area contributed by atoms with Crippen LogP contribution < -0.4 is 0 Å². The standard InChI is InChI=1S/C14H15NOS2/c16-14(13-9-17-6-7-18-13)11-3-4-12-10(8-11)2-1-5-15-12/h1-5,8,13-14,16H,6-7,9H2. The maximum Gasteiger partial charge on any atom is 0.0916 e. The monoisotopic (exact) mass is 277 g/mol. The Labute approximate surface area is 115 Å². The van der Waals surface area contributed by atoms with Crippen LogP contribution in [-0.4, -0.2) is 32.6 Å². The SMILES string of the molecule is OC(c1ccc2ncccc2c1)C1CSCCS1. The van der Waals surface area contributed by atoms with Gasteiger partial charge < -0.3 is 5.11 Å². The van der Waals surface area contributed by atoms with Gasteiger partial charge in [-0.25, -0.2) is 0 Å². The van der Waals surface area contributed by atoms with E-state index >= 15 is 0 Å². The predicted molar refractivity (Wildman–Crippen MR) is 80.3 cm³/mol. The summed E-state index contributed by atoms with van der Waals surface area (Å²) in [5.41, 5.74) is 2.00. The molecular weight excluding hydrogens is 262 g/mol. The Bertz CT molecular complexity index is 540. The van der Waals surface area contributed by atoms with Crippen molar-refractivity contribution in [3.8, 4) is 0 Å². The molecule has 2 heterocycles. The van der Waals surface area contributed by atoms with Crippen LogP contribution >= 0.6 is 23.5 Å². The first kappa shape index (κ1) is 12.3. The fourth-order valence-corrected chi connectivity index (χ4v) is 4.93. The molecule has 1 aliphatic rings. The molecule has 0 spiro atoms. The summed E-state index contributed by atoms with van der Waals surface area (Å²) in [5.74, 6) is 3.38. The smallest absolute Gasteiger partial charge is 0.0916 e. The van der Waals surface area contributed by atoms with Gasteiger partial charge in [0.05, 0.1) is 11.6 Å². The lowest BCUT2D eigenvalue weighted by atomic mass is 10.0. The van der Waals surface area contributed by atoms with Gasteiger partial charge in [-0.1, -0.05) is 12.1 Å². The van der Waals surface area contributed by atoms with Gasteiger partial charge in [0.15, 0.2) is 0 Å². The molecule has 2 nitrogen and oxygen atoms in total. The topological polar surface area (TPSA) is 33.1 Å². The first-order chi connectivity index (χ1) is 8.84. The Morgan fingerprint density at radius 3 is 3.06 bits per heavy atom. The van der Waals surface area contributed by atoms with Gasteiger partial charge in [-0.15, -0.1) is 0 Å². The van der Waals surface area contributed by atoms with E-state index in [-0.39, 0.29) is 6.10 Å². The van der Waals surface area contributed by atoms with Crippen molar-refractivity contribution >= 4 is 34.4 Å². The van der Waals surface area contributed by atoms with Crippen molar-refractivity contribution in [2.24, 2.45) is 0 Å². The molecule has 0 amide bonds. The summed E-state index contributed by atoms with van der Waals surface area (Å²) in [6.07, 6.45) is 1.43. The highest BCUT2D eigenvalue weighted by atomic mass is 32.2. The number of aliphatic hydroxyl groups is 1. The van der Waals surface area contributed by atoms with Crippen molar-refractivity contribution in [3.63, 3.8) is 0 Å². The zero-order chi connectivity index (χ0) is 12.4. The van der Waals surface area contributed by atoms with Gasteiger partial charge >= 0.3 is 0 Å². The van der Waals surface area contributed by atoms with Crippen LogP contribution in [0.25, 0.3) is 10.9 Å². The highest BCUT2D eigenvalue weighted by Crippen LogP contribution is 2.34. The molecule has 94 valence electrons. The largest absolute Gasteiger partial charge is 0.387 e. The van der Waals surface area contributed by atoms with Crippen molar-refractivity contribution in [2.75, 3.05) is 17.3 Å². The number of hydrogen-bond acceptors (Lipinski definition) is 4. The van der Waals surface area contributed by atoms with E-state index in [9.17, 15) is 5.11 Å². The molecule has 2 aromatic rings. The van der Waals surface area contributed by atoms with Crippen molar-refractivity contribution in [3.05, 3.63) is 42.1 Å². The fourth-order valence-electron chi connectivity index (χ4n) is 2.18. The summed E-state index contributed by atoms with van der Waals surface area (Å²) in [4.78, 5) is 4.30. The van der Waals surface area contributed by atoms with E-state index in [1.165, 1.54) is 5.75 Å². The third-order valence-corrected chi connectivity index (χ3v) is 6.01. The molecule has 1 fully saturated rings. The Morgan fingerprint density at radius 1 is 1.28 bits per heavy atom. The fraction of sp³-hybridized carbons (Fsp3) is 0.357. The average Bonchev–Trinajstić information content (AvgIpc) is 2.47. The van der Waals surface area contributed by atoms with E-state index < -0.39 is 0 Å². The number of nitrogens with zero attached hydrogens (tertiary/aromatic N) is 1. The zero-order valence-electron chi connectivity index (χ0n) is 9.95. The Kier molecular flexibility index (Phi) is 3.77. The van der Waals surface area contributed by atoms with Crippen molar-refractivity contribution in [1.29, 1.82) is 0 Å². The number of aromatic nitrogens is 1. The molecule has 1 N–H and O–H groups in total. The Balaban J connectivity index is 1.88. The summed E-state index contributed by atoms with van der Waals surface area (Å²) in [6.45, 7) is 0. The number of rotatable bonds is 2. The minimum atomic E-state index is -0.368. The molecule has 2 atom stereocenters. The molecule has 0 bridgehead atoms. The molecule has 1 saturated heterocycles. The number of pyridine rings is 1. The van der Waals surface area contributed by atoms with Crippen molar-refractivity contribution in [2.45, 2.75) is 11.4 Å². The number of fused-ring (bicyclic) bond motifs is 1. The Morgan fingerprint density at radius 2 is 2.22 bits per heavy atom. The highest BCUT2D eigenvalue weighted by Gasteiger charge is 2.24. The van der Waals surface area contributed by atoms with Crippen molar-refractivity contribution < 1.29 is 5.11 Å².